The Bertz CT molecular complexity index is 949. The summed E-state index contributed by atoms with van der Waals surface area (Å²) in [6.07, 6.45) is 0. The lowest BCUT2D eigenvalue weighted by Gasteiger charge is -2.10. The Morgan fingerprint density at radius 1 is 1.15 bits per heavy atom. The molecule has 1 heterocycles. The standard InChI is InChI=1S/C17H15N5O3S2/c1-11(15(23)19-13-9-5-6-10-14(13)22(24)25)26-17-21-20-16(27-17)18-12-7-3-2-4-8-12/h2-11H,1H3,(H,18,20)(H,19,23)/t11-/m1/s1. The van der Waals surface area contributed by atoms with Gasteiger partial charge in [-0.05, 0) is 25.1 Å². The third kappa shape index (κ3) is 5.02. The second-order valence-corrected chi connectivity index (χ2v) is 7.95. The molecular weight excluding hydrogens is 386 g/mol. The molecule has 0 aliphatic rings. The van der Waals surface area contributed by atoms with Crippen LogP contribution in [0.4, 0.5) is 22.2 Å². The lowest BCUT2D eigenvalue weighted by Crippen LogP contribution is -2.22. The average molecular weight is 401 g/mol. The van der Waals surface area contributed by atoms with E-state index in [9.17, 15) is 14.9 Å². The zero-order valence-corrected chi connectivity index (χ0v) is 15.8. The van der Waals surface area contributed by atoms with Gasteiger partial charge in [-0.3, -0.25) is 14.9 Å². The molecule has 27 heavy (non-hydrogen) atoms. The first kappa shape index (κ1) is 18.8. The van der Waals surface area contributed by atoms with Crippen LogP contribution in [-0.2, 0) is 4.79 Å². The number of hydrogen-bond donors (Lipinski definition) is 2. The first-order chi connectivity index (χ1) is 13.0. The number of nitro groups is 1. The number of amides is 1. The van der Waals surface area contributed by atoms with Gasteiger partial charge in [0.15, 0.2) is 4.34 Å². The lowest BCUT2D eigenvalue weighted by atomic mass is 10.2. The Labute approximate surface area is 163 Å². The first-order valence-corrected chi connectivity index (χ1v) is 9.59. The van der Waals surface area contributed by atoms with E-state index in [0.29, 0.717) is 9.47 Å². The predicted octanol–water partition coefficient (Wildman–Crippen LogP) is 4.31. The topological polar surface area (TPSA) is 110 Å². The summed E-state index contributed by atoms with van der Waals surface area (Å²) in [5.41, 5.74) is 0.921. The maximum absolute atomic E-state index is 12.4. The summed E-state index contributed by atoms with van der Waals surface area (Å²) in [5, 5.41) is 25.0. The van der Waals surface area contributed by atoms with E-state index in [2.05, 4.69) is 20.8 Å². The number of thioether (sulfide) groups is 1. The van der Waals surface area contributed by atoms with Gasteiger partial charge in [0.05, 0.1) is 10.2 Å². The summed E-state index contributed by atoms with van der Waals surface area (Å²) in [5.74, 6) is -0.345. The van der Waals surface area contributed by atoms with Crippen LogP contribution in [0.2, 0.25) is 0 Å². The molecule has 0 aliphatic heterocycles. The van der Waals surface area contributed by atoms with Gasteiger partial charge in [0.25, 0.3) is 5.69 Å². The van der Waals surface area contributed by atoms with Crippen LogP contribution in [-0.4, -0.2) is 26.3 Å². The van der Waals surface area contributed by atoms with E-state index in [0.717, 1.165) is 5.69 Å². The van der Waals surface area contributed by atoms with Crippen molar-refractivity contribution in [2.24, 2.45) is 0 Å². The lowest BCUT2D eigenvalue weighted by molar-refractivity contribution is -0.383. The summed E-state index contributed by atoms with van der Waals surface area (Å²) in [6, 6.07) is 15.6. The number of nitrogens with zero attached hydrogens (tertiary/aromatic N) is 3. The molecule has 0 saturated heterocycles. The molecule has 2 aromatic carbocycles. The van der Waals surface area contributed by atoms with Gasteiger partial charge >= 0.3 is 0 Å². The Hall–Kier alpha value is -2.98. The summed E-state index contributed by atoms with van der Waals surface area (Å²) >= 11 is 2.57. The summed E-state index contributed by atoms with van der Waals surface area (Å²) in [4.78, 5) is 22.9. The molecule has 0 aliphatic carbocycles. The van der Waals surface area contributed by atoms with Gasteiger partial charge in [-0.15, -0.1) is 10.2 Å². The maximum Gasteiger partial charge on any atom is 0.292 e. The minimum absolute atomic E-state index is 0.145. The summed E-state index contributed by atoms with van der Waals surface area (Å²) in [7, 11) is 0. The zero-order valence-electron chi connectivity index (χ0n) is 14.2. The number of hydrogen-bond acceptors (Lipinski definition) is 8. The van der Waals surface area contributed by atoms with E-state index >= 15 is 0 Å². The molecule has 0 radical (unpaired) electrons. The molecule has 8 nitrogen and oxygen atoms in total. The predicted molar refractivity (Wildman–Crippen MR) is 107 cm³/mol. The van der Waals surface area contributed by atoms with Crippen LogP contribution in [0.1, 0.15) is 6.92 Å². The highest BCUT2D eigenvalue weighted by Gasteiger charge is 2.21. The van der Waals surface area contributed by atoms with E-state index in [1.54, 1.807) is 19.1 Å². The molecule has 1 amide bonds. The monoisotopic (exact) mass is 401 g/mol. The van der Waals surface area contributed by atoms with Crippen molar-refractivity contribution in [2.75, 3.05) is 10.6 Å². The number of para-hydroxylation sites is 3. The largest absolute Gasteiger partial charge is 0.330 e. The molecule has 0 spiro atoms. The van der Waals surface area contributed by atoms with Gasteiger partial charge < -0.3 is 10.6 Å². The number of rotatable bonds is 7. The minimum atomic E-state index is -0.528. The Morgan fingerprint density at radius 2 is 1.85 bits per heavy atom. The molecular formula is C17H15N5O3S2. The Kier molecular flexibility index (Phi) is 5.99. The van der Waals surface area contributed by atoms with Crippen LogP contribution in [0, 0.1) is 10.1 Å². The van der Waals surface area contributed by atoms with Crippen LogP contribution < -0.4 is 10.6 Å². The quantitative estimate of drug-likeness (QED) is 0.345. The van der Waals surface area contributed by atoms with Crippen molar-refractivity contribution in [1.82, 2.24) is 10.2 Å². The molecule has 0 unspecified atom stereocenters. The maximum atomic E-state index is 12.4. The van der Waals surface area contributed by atoms with Crippen molar-refractivity contribution in [3.63, 3.8) is 0 Å². The highest BCUT2D eigenvalue weighted by molar-refractivity contribution is 8.02. The van der Waals surface area contributed by atoms with Gasteiger partial charge in [0, 0.05) is 11.8 Å². The summed E-state index contributed by atoms with van der Waals surface area (Å²) < 4.78 is 0.624. The second-order valence-electron chi connectivity index (χ2n) is 5.39. The van der Waals surface area contributed by atoms with Crippen molar-refractivity contribution < 1.29 is 9.72 Å². The molecule has 2 N–H and O–H groups in total. The minimum Gasteiger partial charge on any atom is -0.330 e. The first-order valence-electron chi connectivity index (χ1n) is 7.89. The number of carbonyl (C=O) groups excluding carboxylic acids is 1. The Balaban J connectivity index is 1.61. The fourth-order valence-corrected chi connectivity index (χ4v) is 4.05. The second kappa shape index (κ2) is 8.60. The SMILES string of the molecule is C[C@@H](Sc1nnc(Nc2ccccc2)s1)C(=O)Nc1ccccc1[N+](=O)[O-]. The third-order valence-electron chi connectivity index (χ3n) is 3.44. The van der Waals surface area contributed by atoms with E-state index in [1.807, 2.05) is 30.3 Å². The van der Waals surface area contributed by atoms with Gasteiger partial charge in [-0.1, -0.05) is 53.4 Å². The molecule has 1 aromatic heterocycles. The van der Waals surface area contributed by atoms with E-state index in [4.69, 9.17) is 0 Å². The molecule has 3 rings (SSSR count). The van der Waals surface area contributed by atoms with Gasteiger partial charge in [0.2, 0.25) is 11.0 Å². The van der Waals surface area contributed by atoms with Gasteiger partial charge in [0.1, 0.15) is 5.69 Å². The highest BCUT2D eigenvalue weighted by Crippen LogP contribution is 2.31. The van der Waals surface area contributed by atoms with Crippen molar-refractivity contribution >= 4 is 51.2 Å². The Morgan fingerprint density at radius 3 is 2.59 bits per heavy atom. The normalized spacial score (nSPS) is 11.6. The van der Waals surface area contributed by atoms with E-state index in [1.165, 1.54) is 35.2 Å². The number of anilines is 3. The van der Waals surface area contributed by atoms with Crippen LogP contribution in [0.15, 0.2) is 58.9 Å². The molecule has 10 heteroatoms. The molecule has 138 valence electrons. The fourth-order valence-electron chi connectivity index (χ4n) is 2.13. The van der Waals surface area contributed by atoms with Crippen LogP contribution in [0.5, 0.6) is 0 Å². The number of nitro benzene ring substituents is 1. The third-order valence-corrected chi connectivity index (χ3v) is 5.46. The van der Waals surface area contributed by atoms with Gasteiger partial charge in [-0.25, -0.2) is 0 Å². The van der Waals surface area contributed by atoms with Crippen LogP contribution in [0.3, 0.4) is 0 Å². The number of aromatic nitrogens is 2. The van der Waals surface area contributed by atoms with Crippen molar-refractivity contribution in [2.45, 2.75) is 16.5 Å². The number of nitrogens with one attached hydrogen (secondary N) is 2. The zero-order chi connectivity index (χ0) is 19.2. The summed E-state index contributed by atoms with van der Waals surface area (Å²) in [6.45, 7) is 1.71. The van der Waals surface area contributed by atoms with E-state index < -0.39 is 10.2 Å². The molecule has 1 atom stereocenters. The molecule has 0 bridgehead atoms. The number of benzene rings is 2. The smallest absolute Gasteiger partial charge is 0.292 e. The number of carbonyl (C=O) groups is 1. The fraction of sp³-hybridized carbons (Fsp3) is 0.118. The van der Waals surface area contributed by atoms with Crippen molar-refractivity contribution in [3.8, 4) is 0 Å². The molecule has 3 aromatic rings. The van der Waals surface area contributed by atoms with Crippen molar-refractivity contribution in [3.05, 3.63) is 64.7 Å². The van der Waals surface area contributed by atoms with Crippen LogP contribution >= 0.6 is 23.1 Å². The highest BCUT2D eigenvalue weighted by atomic mass is 32.2. The van der Waals surface area contributed by atoms with Gasteiger partial charge in [-0.2, -0.15) is 0 Å². The van der Waals surface area contributed by atoms with Crippen molar-refractivity contribution in [1.29, 1.82) is 0 Å². The van der Waals surface area contributed by atoms with Crippen LogP contribution in [0.25, 0.3) is 0 Å². The molecule has 0 saturated carbocycles. The average Bonchev–Trinajstić information content (AvgIpc) is 3.09. The molecule has 0 fully saturated rings. The van der Waals surface area contributed by atoms with E-state index in [-0.39, 0.29) is 17.3 Å².